The molecule has 22 heavy (non-hydrogen) atoms. The van der Waals surface area contributed by atoms with Crippen molar-refractivity contribution in [3.63, 3.8) is 0 Å². The molecule has 6 heteroatoms. The van der Waals surface area contributed by atoms with Gasteiger partial charge in [-0.2, -0.15) is 4.39 Å². The van der Waals surface area contributed by atoms with Gasteiger partial charge in [-0.25, -0.2) is 4.98 Å². The van der Waals surface area contributed by atoms with Crippen molar-refractivity contribution < 1.29 is 14.3 Å². The Balaban J connectivity index is 1.83. The number of hydrogen-bond acceptors (Lipinski definition) is 3. The van der Waals surface area contributed by atoms with E-state index in [1.165, 1.54) is 12.3 Å². The summed E-state index contributed by atoms with van der Waals surface area (Å²) in [5.74, 6) is -0.750. The first-order chi connectivity index (χ1) is 10.6. The Bertz CT molecular complexity index is 858. The summed E-state index contributed by atoms with van der Waals surface area (Å²) in [6, 6.07) is 9.66. The topological polar surface area (TPSA) is 67.2 Å². The average Bonchev–Trinajstić information content (AvgIpc) is 2.84. The van der Waals surface area contributed by atoms with E-state index in [0.29, 0.717) is 16.6 Å². The number of halogens is 1. The van der Waals surface area contributed by atoms with Crippen molar-refractivity contribution in [2.24, 2.45) is 7.05 Å². The second-order valence-electron chi connectivity index (χ2n) is 4.97. The number of aromatic nitrogens is 2. The molecule has 0 spiro atoms. The lowest BCUT2D eigenvalue weighted by Gasteiger charge is -2.06. The smallest absolute Gasteiger partial charge is 0.268 e. The number of amides is 1. The molecule has 112 valence electrons. The predicted octanol–water partition coefficient (Wildman–Crippen LogP) is 2.35. The van der Waals surface area contributed by atoms with Gasteiger partial charge in [0.2, 0.25) is 5.95 Å². The minimum atomic E-state index is -0.582. The zero-order chi connectivity index (χ0) is 15.7. The number of fused-ring (bicyclic) bond motifs is 1. The first-order valence-corrected chi connectivity index (χ1v) is 6.72. The predicted molar refractivity (Wildman–Crippen MR) is 79.9 cm³/mol. The molecule has 0 saturated carbocycles. The molecule has 0 aliphatic carbocycles. The molecule has 0 fully saturated rings. The van der Waals surface area contributed by atoms with Gasteiger partial charge in [-0.3, -0.25) is 4.79 Å². The number of pyridine rings is 1. The molecule has 2 heterocycles. The maximum atomic E-state index is 13.0. The van der Waals surface area contributed by atoms with E-state index in [9.17, 15) is 14.3 Å². The number of phenolic OH excluding ortho intramolecular Hbond substituents is 1. The Hall–Kier alpha value is -2.89. The fraction of sp³-hybridized carbons (Fsp3) is 0.125. The highest BCUT2D eigenvalue weighted by Gasteiger charge is 2.14. The van der Waals surface area contributed by atoms with Crippen molar-refractivity contribution in [2.75, 3.05) is 0 Å². The van der Waals surface area contributed by atoms with Gasteiger partial charge in [-0.15, -0.1) is 0 Å². The van der Waals surface area contributed by atoms with Gasteiger partial charge in [0, 0.05) is 25.2 Å². The van der Waals surface area contributed by atoms with Crippen LogP contribution in [0.4, 0.5) is 4.39 Å². The summed E-state index contributed by atoms with van der Waals surface area (Å²) >= 11 is 0. The molecule has 2 N–H and O–H groups in total. The van der Waals surface area contributed by atoms with Gasteiger partial charge in [-0.1, -0.05) is 6.07 Å². The van der Waals surface area contributed by atoms with E-state index in [0.717, 1.165) is 5.52 Å². The third-order valence-corrected chi connectivity index (χ3v) is 3.54. The van der Waals surface area contributed by atoms with Crippen LogP contribution in [0.1, 0.15) is 16.1 Å². The van der Waals surface area contributed by atoms with E-state index in [4.69, 9.17) is 0 Å². The molecule has 3 rings (SSSR count). The lowest BCUT2D eigenvalue weighted by Crippen LogP contribution is -2.24. The van der Waals surface area contributed by atoms with Crippen LogP contribution in [-0.4, -0.2) is 20.6 Å². The van der Waals surface area contributed by atoms with Crippen molar-refractivity contribution in [3.8, 4) is 5.75 Å². The monoisotopic (exact) mass is 299 g/mol. The van der Waals surface area contributed by atoms with Crippen molar-refractivity contribution in [1.29, 1.82) is 0 Å². The number of aryl methyl sites for hydroxylation is 1. The van der Waals surface area contributed by atoms with Gasteiger partial charge in [0.25, 0.3) is 5.91 Å². The second kappa shape index (κ2) is 5.48. The van der Waals surface area contributed by atoms with Gasteiger partial charge < -0.3 is 15.0 Å². The standard InChI is InChI=1S/C16H14FN3O2/c1-20-12-3-2-4-14(21)11(12)8-13(20)16(22)19-9-10-5-6-18-15(17)7-10/h2-8,21H,9H2,1H3,(H,19,22). The molecule has 2 aromatic heterocycles. The maximum Gasteiger partial charge on any atom is 0.268 e. The summed E-state index contributed by atoms with van der Waals surface area (Å²) in [5, 5.41) is 13.2. The zero-order valence-electron chi connectivity index (χ0n) is 11.9. The average molecular weight is 299 g/mol. The number of benzene rings is 1. The quantitative estimate of drug-likeness (QED) is 0.730. The van der Waals surface area contributed by atoms with Crippen LogP contribution in [0.15, 0.2) is 42.6 Å². The molecule has 3 aromatic rings. The number of carbonyl (C=O) groups excluding carboxylic acids is 1. The normalized spacial score (nSPS) is 10.8. The highest BCUT2D eigenvalue weighted by Crippen LogP contribution is 2.27. The number of nitrogens with zero attached hydrogens (tertiary/aromatic N) is 2. The van der Waals surface area contributed by atoms with Crippen LogP contribution >= 0.6 is 0 Å². The molecule has 5 nitrogen and oxygen atoms in total. The van der Waals surface area contributed by atoms with Crippen molar-refractivity contribution >= 4 is 16.8 Å². The molecule has 0 bridgehead atoms. The van der Waals surface area contributed by atoms with Crippen LogP contribution in [0.5, 0.6) is 5.75 Å². The van der Waals surface area contributed by atoms with Gasteiger partial charge >= 0.3 is 0 Å². The van der Waals surface area contributed by atoms with Crippen LogP contribution in [0.3, 0.4) is 0 Å². The van der Waals surface area contributed by atoms with Crippen LogP contribution < -0.4 is 5.32 Å². The summed E-state index contributed by atoms with van der Waals surface area (Å²) in [6.07, 6.45) is 1.35. The summed E-state index contributed by atoms with van der Waals surface area (Å²) in [5.41, 5.74) is 1.81. The summed E-state index contributed by atoms with van der Waals surface area (Å²) in [4.78, 5) is 15.7. The first-order valence-electron chi connectivity index (χ1n) is 6.72. The number of rotatable bonds is 3. The number of aromatic hydroxyl groups is 1. The van der Waals surface area contributed by atoms with E-state index in [1.54, 1.807) is 35.9 Å². The molecule has 1 aromatic carbocycles. The maximum absolute atomic E-state index is 13.0. The molecule has 0 aliphatic rings. The molecular formula is C16H14FN3O2. The molecular weight excluding hydrogens is 285 g/mol. The van der Waals surface area contributed by atoms with Crippen LogP contribution in [0, 0.1) is 5.95 Å². The zero-order valence-corrected chi connectivity index (χ0v) is 11.9. The minimum absolute atomic E-state index is 0.128. The Labute approximate surface area is 126 Å². The second-order valence-corrected chi connectivity index (χ2v) is 4.97. The van der Waals surface area contributed by atoms with Crippen LogP contribution in [-0.2, 0) is 13.6 Å². The fourth-order valence-corrected chi connectivity index (χ4v) is 2.39. The van der Waals surface area contributed by atoms with Crippen LogP contribution in [0.25, 0.3) is 10.9 Å². The lowest BCUT2D eigenvalue weighted by atomic mass is 10.2. The Morgan fingerprint density at radius 1 is 1.36 bits per heavy atom. The van der Waals surface area contributed by atoms with E-state index < -0.39 is 5.95 Å². The van der Waals surface area contributed by atoms with E-state index in [1.807, 2.05) is 6.07 Å². The molecule has 0 saturated heterocycles. The van der Waals surface area contributed by atoms with Gasteiger partial charge in [-0.05, 0) is 35.9 Å². The van der Waals surface area contributed by atoms with Crippen molar-refractivity contribution in [3.05, 3.63) is 59.8 Å². The summed E-state index contributed by atoms with van der Waals surface area (Å²) in [7, 11) is 1.75. The third kappa shape index (κ3) is 2.50. The fourth-order valence-electron chi connectivity index (χ4n) is 2.39. The highest BCUT2D eigenvalue weighted by atomic mass is 19.1. The SMILES string of the molecule is Cn1c(C(=O)NCc2ccnc(F)c2)cc2c(O)cccc21. The number of nitrogens with one attached hydrogen (secondary N) is 1. The number of hydrogen-bond donors (Lipinski definition) is 2. The summed E-state index contributed by atoms with van der Waals surface area (Å²) in [6.45, 7) is 0.200. The largest absolute Gasteiger partial charge is 0.507 e. The minimum Gasteiger partial charge on any atom is -0.507 e. The molecule has 0 unspecified atom stereocenters. The highest BCUT2D eigenvalue weighted by molar-refractivity contribution is 6.00. The Kier molecular flexibility index (Phi) is 3.50. The van der Waals surface area contributed by atoms with E-state index >= 15 is 0 Å². The molecule has 0 radical (unpaired) electrons. The number of phenols is 1. The van der Waals surface area contributed by atoms with Crippen molar-refractivity contribution in [2.45, 2.75) is 6.54 Å². The van der Waals surface area contributed by atoms with Crippen molar-refractivity contribution in [1.82, 2.24) is 14.9 Å². The Morgan fingerprint density at radius 3 is 2.91 bits per heavy atom. The number of carbonyl (C=O) groups is 1. The molecule has 1 amide bonds. The van der Waals surface area contributed by atoms with Gasteiger partial charge in [0.1, 0.15) is 11.4 Å². The van der Waals surface area contributed by atoms with E-state index in [2.05, 4.69) is 10.3 Å². The van der Waals surface area contributed by atoms with Gasteiger partial charge in [0.15, 0.2) is 0 Å². The first kappa shape index (κ1) is 14.1. The summed E-state index contributed by atoms with van der Waals surface area (Å²) < 4.78 is 14.7. The Morgan fingerprint density at radius 2 is 2.18 bits per heavy atom. The molecule has 0 aliphatic heterocycles. The van der Waals surface area contributed by atoms with Gasteiger partial charge in [0.05, 0.1) is 5.52 Å². The van der Waals surface area contributed by atoms with Crippen LogP contribution in [0.2, 0.25) is 0 Å². The lowest BCUT2D eigenvalue weighted by molar-refractivity contribution is 0.0943. The third-order valence-electron chi connectivity index (χ3n) is 3.54. The molecule has 0 atom stereocenters. The van der Waals surface area contributed by atoms with E-state index in [-0.39, 0.29) is 18.2 Å².